The summed E-state index contributed by atoms with van der Waals surface area (Å²) in [6.07, 6.45) is 0.930. The molecule has 0 bridgehead atoms. The third-order valence-corrected chi connectivity index (χ3v) is 5.40. The minimum absolute atomic E-state index is 0.0891. The Morgan fingerprint density at radius 2 is 2.14 bits per heavy atom. The molecule has 1 saturated heterocycles. The summed E-state index contributed by atoms with van der Waals surface area (Å²) in [6, 6.07) is 8.23. The van der Waals surface area contributed by atoms with Gasteiger partial charge >= 0.3 is 5.97 Å². The van der Waals surface area contributed by atoms with Gasteiger partial charge in [-0.1, -0.05) is 19.1 Å². The Hall–Kier alpha value is -2.57. The van der Waals surface area contributed by atoms with Crippen LogP contribution in [0.25, 0.3) is 11.0 Å². The van der Waals surface area contributed by atoms with Gasteiger partial charge in [0.25, 0.3) is 0 Å². The fraction of sp³-hybridized carbons (Fsp3) is 0.571. The van der Waals surface area contributed by atoms with E-state index in [1.165, 1.54) is 12.6 Å². The third-order valence-electron chi connectivity index (χ3n) is 5.40. The van der Waals surface area contributed by atoms with Crippen LogP contribution in [0.4, 0.5) is 0 Å². The second kappa shape index (κ2) is 9.08. The number of para-hydroxylation sites is 2. The maximum atomic E-state index is 12.0. The topological polar surface area (TPSA) is 71.8 Å². The molecule has 28 heavy (non-hydrogen) atoms. The zero-order chi connectivity index (χ0) is 20.1. The van der Waals surface area contributed by atoms with Crippen molar-refractivity contribution in [3.63, 3.8) is 0 Å². The number of likely N-dealkylation sites (tertiary alicyclic amines) is 1. The van der Waals surface area contributed by atoms with Crippen molar-refractivity contribution >= 4 is 23.0 Å². The first-order valence-corrected chi connectivity index (χ1v) is 10.1. The molecule has 2 heterocycles. The number of hydrogen-bond acceptors (Lipinski definition) is 4. The van der Waals surface area contributed by atoms with Gasteiger partial charge in [0, 0.05) is 32.7 Å². The summed E-state index contributed by atoms with van der Waals surface area (Å²) in [4.78, 5) is 23.6. The molecule has 1 aromatic heterocycles. The van der Waals surface area contributed by atoms with E-state index >= 15 is 0 Å². The molecule has 3 rings (SSSR count). The number of guanidine groups is 1. The molecule has 0 spiro atoms. The highest BCUT2D eigenvalue weighted by Crippen LogP contribution is 2.24. The van der Waals surface area contributed by atoms with Crippen molar-refractivity contribution in [2.45, 2.75) is 33.7 Å². The Balaban J connectivity index is 1.62. The Morgan fingerprint density at radius 3 is 2.89 bits per heavy atom. The van der Waals surface area contributed by atoms with Crippen LogP contribution in [-0.2, 0) is 16.1 Å². The van der Waals surface area contributed by atoms with Crippen molar-refractivity contribution in [2.24, 2.45) is 16.8 Å². The molecule has 0 radical (unpaired) electrons. The molecule has 1 fully saturated rings. The number of benzene rings is 1. The number of nitrogens with one attached hydrogen (secondary N) is 1. The quantitative estimate of drug-likeness (QED) is 0.358. The number of aromatic nitrogens is 2. The van der Waals surface area contributed by atoms with Gasteiger partial charge in [0.05, 0.1) is 24.1 Å². The standard InChI is InChI=1S/C21H31N5O2/c1-5-22-21(25-13-15(2)17(14-25)20(27)28-4)23-11-8-12-26-16(3)24-18-9-6-7-10-19(18)26/h6-7,9-10,15,17H,5,8,11-14H2,1-4H3,(H,22,23). The van der Waals surface area contributed by atoms with E-state index in [2.05, 4.69) is 39.7 Å². The monoisotopic (exact) mass is 385 g/mol. The molecule has 2 unspecified atom stereocenters. The fourth-order valence-electron chi connectivity index (χ4n) is 3.92. The van der Waals surface area contributed by atoms with Crippen molar-refractivity contribution in [3.05, 3.63) is 30.1 Å². The van der Waals surface area contributed by atoms with Gasteiger partial charge in [0.1, 0.15) is 5.82 Å². The Morgan fingerprint density at radius 1 is 1.36 bits per heavy atom. The second-order valence-corrected chi connectivity index (χ2v) is 7.40. The average molecular weight is 386 g/mol. The van der Waals surface area contributed by atoms with E-state index in [-0.39, 0.29) is 17.8 Å². The van der Waals surface area contributed by atoms with Crippen LogP contribution in [0.3, 0.4) is 0 Å². The van der Waals surface area contributed by atoms with Crippen molar-refractivity contribution < 1.29 is 9.53 Å². The van der Waals surface area contributed by atoms with Gasteiger partial charge in [0.2, 0.25) is 0 Å². The number of carbonyl (C=O) groups excluding carboxylic acids is 1. The Labute approximate surface area is 166 Å². The van der Waals surface area contributed by atoms with Crippen LogP contribution in [0.15, 0.2) is 29.3 Å². The molecule has 1 aromatic carbocycles. The molecular formula is C21H31N5O2. The summed E-state index contributed by atoms with van der Waals surface area (Å²) in [5, 5.41) is 3.36. The lowest BCUT2D eigenvalue weighted by atomic mass is 9.99. The van der Waals surface area contributed by atoms with E-state index in [4.69, 9.17) is 9.73 Å². The molecule has 152 valence electrons. The zero-order valence-corrected chi connectivity index (χ0v) is 17.3. The van der Waals surface area contributed by atoms with E-state index < -0.39 is 0 Å². The highest BCUT2D eigenvalue weighted by Gasteiger charge is 2.36. The summed E-state index contributed by atoms with van der Waals surface area (Å²) >= 11 is 0. The number of hydrogen-bond donors (Lipinski definition) is 1. The fourth-order valence-corrected chi connectivity index (χ4v) is 3.92. The number of ether oxygens (including phenoxy) is 1. The number of carbonyl (C=O) groups is 1. The van der Waals surface area contributed by atoms with E-state index in [0.29, 0.717) is 6.54 Å². The number of nitrogens with zero attached hydrogens (tertiary/aromatic N) is 4. The molecule has 1 N–H and O–H groups in total. The largest absolute Gasteiger partial charge is 0.469 e. The maximum Gasteiger partial charge on any atom is 0.310 e. The second-order valence-electron chi connectivity index (χ2n) is 7.40. The number of rotatable bonds is 6. The predicted octanol–water partition coefficient (Wildman–Crippen LogP) is 2.44. The summed E-state index contributed by atoms with van der Waals surface area (Å²) in [7, 11) is 1.46. The Bertz CT molecular complexity index is 844. The van der Waals surface area contributed by atoms with Gasteiger partial charge in [-0.05, 0) is 38.3 Å². The molecular weight excluding hydrogens is 354 g/mol. The molecule has 1 aliphatic heterocycles. The minimum atomic E-state index is -0.131. The summed E-state index contributed by atoms with van der Waals surface area (Å²) in [5.74, 6) is 1.96. The van der Waals surface area contributed by atoms with Crippen LogP contribution in [0.1, 0.15) is 26.1 Å². The molecule has 7 heteroatoms. The molecule has 2 atom stereocenters. The SMILES string of the molecule is CCNC(=NCCCn1c(C)nc2ccccc21)N1CC(C)C(C(=O)OC)C1. The van der Waals surface area contributed by atoms with E-state index in [0.717, 1.165) is 49.9 Å². The minimum Gasteiger partial charge on any atom is -0.469 e. The van der Waals surface area contributed by atoms with Crippen LogP contribution in [0.2, 0.25) is 0 Å². The first kappa shape index (κ1) is 20.2. The summed E-state index contributed by atoms with van der Waals surface area (Å²) in [6.45, 7) is 10.1. The highest BCUT2D eigenvalue weighted by molar-refractivity contribution is 5.82. The number of aryl methyl sites for hydroxylation is 2. The van der Waals surface area contributed by atoms with Gasteiger partial charge in [-0.25, -0.2) is 4.98 Å². The number of methoxy groups -OCH3 is 1. The number of fused-ring (bicyclic) bond motifs is 1. The van der Waals surface area contributed by atoms with Crippen LogP contribution in [0, 0.1) is 18.8 Å². The highest BCUT2D eigenvalue weighted by atomic mass is 16.5. The molecule has 0 aliphatic carbocycles. The number of aliphatic imine (C=N–C) groups is 1. The van der Waals surface area contributed by atoms with Gasteiger partial charge < -0.3 is 19.5 Å². The van der Waals surface area contributed by atoms with Crippen molar-refractivity contribution in [1.82, 2.24) is 19.8 Å². The first-order valence-electron chi connectivity index (χ1n) is 10.1. The van der Waals surface area contributed by atoms with Crippen molar-refractivity contribution in [2.75, 3.05) is 33.3 Å². The smallest absolute Gasteiger partial charge is 0.310 e. The average Bonchev–Trinajstić information content (AvgIpc) is 3.23. The molecule has 0 saturated carbocycles. The normalized spacial score (nSPS) is 20.0. The maximum absolute atomic E-state index is 12.0. The lowest BCUT2D eigenvalue weighted by Crippen LogP contribution is -2.40. The van der Waals surface area contributed by atoms with Gasteiger partial charge in [0.15, 0.2) is 5.96 Å². The van der Waals surface area contributed by atoms with Crippen LogP contribution < -0.4 is 5.32 Å². The van der Waals surface area contributed by atoms with E-state index in [9.17, 15) is 4.79 Å². The van der Waals surface area contributed by atoms with Crippen LogP contribution in [0.5, 0.6) is 0 Å². The lowest BCUT2D eigenvalue weighted by Gasteiger charge is -2.21. The third kappa shape index (κ3) is 4.29. The number of esters is 1. The van der Waals surface area contributed by atoms with E-state index in [1.807, 2.05) is 25.1 Å². The molecule has 7 nitrogen and oxygen atoms in total. The van der Waals surface area contributed by atoms with Crippen LogP contribution in [-0.4, -0.2) is 59.7 Å². The number of imidazole rings is 1. The summed E-state index contributed by atoms with van der Waals surface area (Å²) < 4.78 is 7.20. The first-order chi connectivity index (χ1) is 13.5. The van der Waals surface area contributed by atoms with Gasteiger partial charge in [-0.3, -0.25) is 9.79 Å². The zero-order valence-electron chi connectivity index (χ0n) is 17.3. The lowest BCUT2D eigenvalue weighted by molar-refractivity contribution is -0.145. The van der Waals surface area contributed by atoms with Crippen LogP contribution >= 0.6 is 0 Å². The van der Waals surface area contributed by atoms with E-state index in [1.54, 1.807) is 0 Å². The predicted molar refractivity (Wildman–Crippen MR) is 111 cm³/mol. The molecule has 0 amide bonds. The van der Waals surface area contributed by atoms with Gasteiger partial charge in [-0.15, -0.1) is 0 Å². The summed E-state index contributed by atoms with van der Waals surface area (Å²) in [5.41, 5.74) is 2.21. The Kier molecular flexibility index (Phi) is 6.54. The van der Waals surface area contributed by atoms with Gasteiger partial charge in [-0.2, -0.15) is 0 Å². The molecule has 1 aliphatic rings. The molecule has 2 aromatic rings. The van der Waals surface area contributed by atoms with Crippen molar-refractivity contribution in [1.29, 1.82) is 0 Å². The van der Waals surface area contributed by atoms with Crippen molar-refractivity contribution in [3.8, 4) is 0 Å².